The van der Waals surface area contributed by atoms with E-state index in [-0.39, 0.29) is 17.9 Å². The summed E-state index contributed by atoms with van der Waals surface area (Å²) in [6.45, 7) is 0.177. The van der Waals surface area contributed by atoms with Crippen molar-refractivity contribution in [1.29, 1.82) is 0 Å². The normalized spacial score (nSPS) is 11.7. The molecule has 0 bridgehead atoms. The van der Waals surface area contributed by atoms with Crippen LogP contribution in [0.3, 0.4) is 0 Å². The van der Waals surface area contributed by atoms with Gasteiger partial charge in [-0.3, -0.25) is 0 Å². The van der Waals surface area contributed by atoms with E-state index in [1.165, 1.54) is 24.4 Å². The predicted octanol–water partition coefficient (Wildman–Crippen LogP) is 5.66. The Morgan fingerprint density at radius 2 is 1.70 bits per heavy atom. The Bertz CT molecular complexity index is 685. The molecule has 2 aromatic carbocycles. The second kappa shape index (κ2) is 7.83. The average Bonchev–Trinajstić information content (AvgIpc) is 2.42. The maximum absolute atomic E-state index is 12.3. The lowest BCUT2D eigenvalue weighted by Crippen LogP contribution is -2.18. The summed E-state index contributed by atoms with van der Waals surface area (Å²) in [5.41, 5.74) is 1.02. The summed E-state index contributed by atoms with van der Waals surface area (Å²) in [6, 6.07) is 11.2. The van der Waals surface area contributed by atoms with Crippen molar-refractivity contribution in [3.8, 4) is 5.75 Å². The van der Waals surface area contributed by atoms with E-state index in [4.69, 9.17) is 4.84 Å². The Kier molecular flexibility index (Phi) is 6.06. The maximum Gasteiger partial charge on any atom is 0.573 e. The first-order valence-corrected chi connectivity index (χ1v) is 7.87. The minimum Gasteiger partial charge on any atom is -0.405 e. The van der Waals surface area contributed by atoms with Gasteiger partial charge in [-0.25, -0.2) is 0 Å². The van der Waals surface area contributed by atoms with Crippen LogP contribution in [0.25, 0.3) is 0 Å². The molecule has 0 N–H and O–H groups in total. The maximum atomic E-state index is 12.3. The zero-order chi connectivity index (χ0) is 16.9. The summed E-state index contributed by atoms with van der Waals surface area (Å²) in [6.07, 6.45) is -3.58. The molecule has 0 aliphatic rings. The van der Waals surface area contributed by atoms with Crippen molar-refractivity contribution in [3.05, 3.63) is 62.5 Å². The zero-order valence-electron chi connectivity index (χ0n) is 11.5. The molecule has 0 aromatic heterocycles. The van der Waals surface area contributed by atoms with Gasteiger partial charge in [-0.1, -0.05) is 49.1 Å². The third-order valence-electron chi connectivity index (χ3n) is 2.56. The van der Waals surface area contributed by atoms with E-state index in [0.29, 0.717) is 0 Å². The molecule has 0 aliphatic carbocycles. The predicted molar refractivity (Wildman–Crippen MR) is 87.4 cm³/mol. The Labute approximate surface area is 147 Å². The van der Waals surface area contributed by atoms with Crippen molar-refractivity contribution in [1.82, 2.24) is 0 Å². The molecule has 0 amide bonds. The van der Waals surface area contributed by atoms with E-state index < -0.39 is 6.36 Å². The van der Waals surface area contributed by atoms with Crippen LogP contribution in [0.15, 0.2) is 56.6 Å². The van der Waals surface area contributed by atoms with Gasteiger partial charge in [0, 0.05) is 14.5 Å². The van der Waals surface area contributed by atoms with Crippen molar-refractivity contribution >= 4 is 38.1 Å². The van der Waals surface area contributed by atoms with E-state index in [0.717, 1.165) is 14.5 Å². The smallest absolute Gasteiger partial charge is 0.405 e. The highest BCUT2D eigenvalue weighted by Crippen LogP contribution is 2.25. The number of hydrogen-bond donors (Lipinski definition) is 0. The first kappa shape index (κ1) is 17.8. The molecule has 8 heteroatoms. The lowest BCUT2D eigenvalue weighted by molar-refractivity contribution is -0.274. The minimum absolute atomic E-state index is 0.167. The highest BCUT2D eigenvalue weighted by Gasteiger charge is 2.31. The van der Waals surface area contributed by atoms with E-state index in [1.807, 2.05) is 18.2 Å². The number of rotatable bonds is 5. The summed E-state index contributed by atoms with van der Waals surface area (Å²) in [7, 11) is 0. The molecule has 0 radical (unpaired) electrons. The van der Waals surface area contributed by atoms with Gasteiger partial charge in [0.05, 0.1) is 6.21 Å². The first-order valence-electron chi connectivity index (χ1n) is 6.28. The van der Waals surface area contributed by atoms with Gasteiger partial charge < -0.3 is 9.57 Å². The molecular formula is C15H10Br2F3NO2. The van der Waals surface area contributed by atoms with Gasteiger partial charge in [0.25, 0.3) is 0 Å². The molecule has 0 atom stereocenters. The molecule has 2 rings (SSSR count). The van der Waals surface area contributed by atoms with Crippen LogP contribution < -0.4 is 4.74 Å². The number of hydrogen-bond acceptors (Lipinski definition) is 3. The van der Waals surface area contributed by atoms with Crippen molar-refractivity contribution < 1.29 is 22.7 Å². The lowest BCUT2D eigenvalue weighted by Gasteiger charge is -2.10. The molecule has 0 saturated carbocycles. The Hall–Kier alpha value is -1.54. The van der Waals surface area contributed by atoms with E-state index in [1.54, 1.807) is 6.07 Å². The number of para-hydroxylation sites is 1. The molecule has 3 nitrogen and oxygen atoms in total. The average molecular weight is 453 g/mol. The van der Waals surface area contributed by atoms with Crippen LogP contribution in [0.2, 0.25) is 0 Å². The van der Waals surface area contributed by atoms with Crippen molar-refractivity contribution in [2.45, 2.75) is 13.0 Å². The number of alkyl halides is 3. The summed E-state index contributed by atoms with van der Waals surface area (Å²) in [5.74, 6) is -0.336. The number of benzene rings is 2. The van der Waals surface area contributed by atoms with E-state index in [9.17, 15) is 13.2 Å². The summed E-state index contributed by atoms with van der Waals surface area (Å²) < 4.78 is 42.6. The summed E-state index contributed by atoms with van der Waals surface area (Å²) in [5, 5.41) is 3.68. The molecule has 0 saturated heterocycles. The van der Waals surface area contributed by atoms with Crippen molar-refractivity contribution in [2.24, 2.45) is 5.16 Å². The second-order valence-corrected chi connectivity index (χ2v) is 6.20. The second-order valence-electron chi connectivity index (χ2n) is 4.37. The molecule has 2 aromatic rings. The SMILES string of the molecule is FC(F)(F)Oc1ccccc1C=NOCc1cc(Br)cc(Br)c1. The number of nitrogens with zero attached hydrogens (tertiary/aromatic N) is 1. The van der Waals surface area contributed by atoms with Crippen LogP contribution in [0.1, 0.15) is 11.1 Å². The monoisotopic (exact) mass is 451 g/mol. The van der Waals surface area contributed by atoms with Gasteiger partial charge in [-0.05, 0) is 35.9 Å². The van der Waals surface area contributed by atoms with Gasteiger partial charge in [0.1, 0.15) is 12.4 Å². The fraction of sp³-hybridized carbons (Fsp3) is 0.133. The summed E-state index contributed by atoms with van der Waals surface area (Å²) in [4.78, 5) is 5.11. The van der Waals surface area contributed by atoms with Crippen molar-refractivity contribution in [2.75, 3.05) is 0 Å². The standard InChI is InChI=1S/C15H10Br2F3NO2/c16-12-5-10(6-13(17)7-12)9-22-21-8-11-3-1-2-4-14(11)23-15(18,19)20/h1-8H,9H2. The largest absolute Gasteiger partial charge is 0.573 e. The Balaban J connectivity index is 2.01. The molecule has 0 unspecified atom stereocenters. The molecule has 0 aliphatic heterocycles. The van der Waals surface area contributed by atoms with Crippen molar-refractivity contribution in [3.63, 3.8) is 0 Å². The number of ether oxygens (including phenoxy) is 1. The number of halogens is 5. The van der Waals surface area contributed by atoms with Crippen LogP contribution in [-0.2, 0) is 11.4 Å². The highest BCUT2D eigenvalue weighted by atomic mass is 79.9. The summed E-state index contributed by atoms with van der Waals surface area (Å²) >= 11 is 6.70. The highest BCUT2D eigenvalue weighted by molar-refractivity contribution is 9.11. The third kappa shape index (κ3) is 6.23. The lowest BCUT2D eigenvalue weighted by atomic mass is 10.2. The molecule has 0 fully saturated rings. The fourth-order valence-electron chi connectivity index (χ4n) is 1.70. The molecule has 0 spiro atoms. The quantitative estimate of drug-likeness (QED) is 0.432. The topological polar surface area (TPSA) is 30.8 Å². The minimum atomic E-state index is -4.76. The molecular weight excluding hydrogens is 443 g/mol. The van der Waals surface area contributed by atoms with E-state index in [2.05, 4.69) is 41.8 Å². The fourth-order valence-corrected chi connectivity index (χ4v) is 3.09. The molecule has 122 valence electrons. The van der Waals surface area contributed by atoms with E-state index >= 15 is 0 Å². The van der Waals surface area contributed by atoms with Crippen LogP contribution in [0.5, 0.6) is 5.75 Å². The third-order valence-corrected chi connectivity index (χ3v) is 3.48. The molecule has 23 heavy (non-hydrogen) atoms. The molecule has 0 heterocycles. The van der Waals surface area contributed by atoms with Gasteiger partial charge in [-0.2, -0.15) is 0 Å². The first-order chi connectivity index (χ1) is 10.8. The van der Waals surface area contributed by atoms with Crippen LogP contribution >= 0.6 is 31.9 Å². The van der Waals surface area contributed by atoms with Gasteiger partial charge in [-0.15, -0.1) is 13.2 Å². The van der Waals surface area contributed by atoms with Gasteiger partial charge in [0.2, 0.25) is 0 Å². The van der Waals surface area contributed by atoms with Gasteiger partial charge >= 0.3 is 6.36 Å². The van der Waals surface area contributed by atoms with Crippen LogP contribution in [0, 0.1) is 0 Å². The Morgan fingerprint density at radius 3 is 2.35 bits per heavy atom. The Morgan fingerprint density at radius 1 is 1.04 bits per heavy atom. The van der Waals surface area contributed by atoms with Crippen LogP contribution in [0.4, 0.5) is 13.2 Å². The van der Waals surface area contributed by atoms with Crippen LogP contribution in [-0.4, -0.2) is 12.6 Å². The van der Waals surface area contributed by atoms with Gasteiger partial charge in [0.15, 0.2) is 0 Å². The zero-order valence-corrected chi connectivity index (χ0v) is 14.7. The number of oxime groups is 1.